The summed E-state index contributed by atoms with van der Waals surface area (Å²) >= 11 is 0. The summed E-state index contributed by atoms with van der Waals surface area (Å²) in [7, 11) is 0. The molecule has 1 aromatic rings. The van der Waals surface area contributed by atoms with Crippen molar-refractivity contribution in [2.75, 3.05) is 0 Å². The van der Waals surface area contributed by atoms with Crippen LogP contribution in [0.2, 0.25) is 0 Å². The fraction of sp³-hybridized carbons (Fsp3) is 0.500. The maximum absolute atomic E-state index is 12.6. The highest BCUT2D eigenvalue weighted by Crippen LogP contribution is 2.36. The molecule has 4 heteroatoms. The van der Waals surface area contributed by atoms with Gasteiger partial charge in [-0.05, 0) is 16.5 Å². The molecule has 0 aliphatic rings. The summed E-state index contributed by atoms with van der Waals surface area (Å²) in [6, 6.07) is 4.53. The first-order valence-corrected chi connectivity index (χ1v) is 5.05. The number of hydrogen-bond donors (Lipinski definition) is 1. The Morgan fingerprint density at radius 2 is 1.56 bits per heavy atom. The molecular formula is C12H16F3N. The third-order valence-corrected chi connectivity index (χ3v) is 2.46. The molecule has 0 heterocycles. The zero-order valence-corrected chi connectivity index (χ0v) is 9.60. The van der Waals surface area contributed by atoms with Gasteiger partial charge >= 0.3 is 6.18 Å². The van der Waals surface area contributed by atoms with Gasteiger partial charge in [-0.3, -0.25) is 0 Å². The highest BCUT2D eigenvalue weighted by atomic mass is 19.4. The summed E-state index contributed by atoms with van der Waals surface area (Å²) < 4.78 is 37.7. The van der Waals surface area contributed by atoms with E-state index in [0.29, 0.717) is 5.56 Å². The van der Waals surface area contributed by atoms with E-state index >= 15 is 0 Å². The molecule has 0 aliphatic heterocycles. The van der Waals surface area contributed by atoms with Crippen molar-refractivity contribution < 1.29 is 13.2 Å². The van der Waals surface area contributed by atoms with Crippen LogP contribution in [0.15, 0.2) is 24.3 Å². The van der Waals surface area contributed by atoms with E-state index in [-0.39, 0.29) is 11.0 Å². The van der Waals surface area contributed by atoms with Crippen molar-refractivity contribution in [2.45, 2.75) is 38.4 Å². The Labute approximate surface area is 93.5 Å². The minimum absolute atomic E-state index is 0.155. The zero-order chi connectivity index (χ0) is 12.6. The monoisotopic (exact) mass is 231 g/mol. The van der Waals surface area contributed by atoms with Gasteiger partial charge in [0.05, 0.1) is 0 Å². The van der Waals surface area contributed by atoms with Crippen LogP contribution in [-0.2, 0) is 5.41 Å². The summed E-state index contributed by atoms with van der Waals surface area (Å²) in [4.78, 5) is 0. The lowest BCUT2D eigenvalue weighted by molar-refractivity contribution is -0.149. The Morgan fingerprint density at radius 1 is 1.06 bits per heavy atom. The maximum Gasteiger partial charge on any atom is 0.407 e. The molecule has 1 nitrogen and oxygen atoms in total. The van der Waals surface area contributed by atoms with Crippen LogP contribution in [0.3, 0.4) is 0 Å². The third kappa shape index (κ3) is 2.76. The van der Waals surface area contributed by atoms with Gasteiger partial charge in [0.25, 0.3) is 0 Å². The van der Waals surface area contributed by atoms with Crippen LogP contribution >= 0.6 is 0 Å². The van der Waals surface area contributed by atoms with Crippen molar-refractivity contribution in [3.8, 4) is 0 Å². The molecule has 1 rings (SSSR count). The van der Waals surface area contributed by atoms with Gasteiger partial charge in [0, 0.05) is 0 Å². The maximum atomic E-state index is 12.6. The van der Waals surface area contributed by atoms with Crippen molar-refractivity contribution in [1.29, 1.82) is 0 Å². The topological polar surface area (TPSA) is 26.0 Å². The van der Waals surface area contributed by atoms with Gasteiger partial charge in [-0.2, -0.15) is 13.2 Å². The lowest BCUT2D eigenvalue weighted by Gasteiger charge is -2.26. The molecule has 0 amide bonds. The molecule has 0 bridgehead atoms. The predicted octanol–water partition coefficient (Wildman–Crippen LogP) is 3.55. The number of hydrogen-bond acceptors (Lipinski definition) is 1. The Bertz CT molecular complexity index is 363. The van der Waals surface area contributed by atoms with Gasteiger partial charge < -0.3 is 5.73 Å². The largest absolute Gasteiger partial charge is 0.407 e. The molecular weight excluding hydrogens is 215 g/mol. The molecule has 0 aliphatic carbocycles. The predicted molar refractivity (Wildman–Crippen MR) is 58.1 cm³/mol. The Morgan fingerprint density at radius 3 is 2.00 bits per heavy atom. The Balaban J connectivity index is 3.25. The molecule has 1 aromatic carbocycles. The van der Waals surface area contributed by atoms with Crippen molar-refractivity contribution in [3.05, 3.63) is 35.4 Å². The fourth-order valence-corrected chi connectivity index (χ4v) is 1.63. The van der Waals surface area contributed by atoms with Gasteiger partial charge in [0.2, 0.25) is 0 Å². The summed E-state index contributed by atoms with van der Waals surface area (Å²) in [6.45, 7) is 5.61. The van der Waals surface area contributed by atoms with Crippen LogP contribution in [0.25, 0.3) is 0 Å². The second-order valence-electron chi connectivity index (χ2n) is 4.86. The average Bonchev–Trinajstić information content (AvgIpc) is 2.14. The minimum Gasteiger partial charge on any atom is -0.316 e. The lowest BCUT2D eigenvalue weighted by atomic mass is 9.82. The van der Waals surface area contributed by atoms with E-state index in [1.807, 2.05) is 20.8 Å². The fourth-order valence-electron chi connectivity index (χ4n) is 1.63. The summed E-state index contributed by atoms with van der Waals surface area (Å²) in [5.41, 5.74) is 5.69. The summed E-state index contributed by atoms with van der Waals surface area (Å²) in [5.74, 6) is 0. The number of alkyl halides is 3. The smallest absolute Gasteiger partial charge is 0.316 e. The quantitative estimate of drug-likeness (QED) is 0.786. The van der Waals surface area contributed by atoms with E-state index in [4.69, 9.17) is 5.73 Å². The molecule has 0 aromatic heterocycles. The van der Waals surface area contributed by atoms with Crippen molar-refractivity contribution >= 4 is 0 Å². The highest BCUT2D eigenvalue weighted by Gasteiger charge is 2.39. The molecule has 2 N–H and O–H groups in total. The standard InChI is InChI=1S/C12H16F3N/c1-11(2,3)9-7-5-4-6-8(9)10(16)12(13,14)15/h4-7,10H,16H2,1-3H3/t10-/m0/s1. The SMILES string of the molecule is CC(C)(C)c1ccccc1[C@H](N)C(F)(F)F. The van der Waals surface area contributed by atoms with Gasteiger partial charge in [0.15, 0.2) is 0 Å². The Kier molecular flexibility index (Phi) is 3.33. The van der Waals surface area contributed by atoms with Crippen molar-refractivity contribution in [1.82, 2.24) is 0 Å². The molecule has 0 saturated carbocycles. The number of nitrogens with two attached hydrogens (primary N) is 1. The molecule has 90 valence electrons. The Hall–Kier alpha value is -1.03. The average molecular weight is 231 g/mol. The first-order valence-electron chi connectivity index (χ1n) is 5.05. The second kappa shape index (κ2) is 4.09. The number of halogens is 3. The third-order valence-electron chi connectivity index (χ3n) is 2.46. The van der Waals surface area contributed by atoms with E-state index in [2.05, 4.69) is 0 Å². The number of rotatable bonds is 1. The van der Waals surface area contributed by atoms with E-state index in [1.54, 1.807) is 18.2 Å². The van der Waals surface area contributed by atoms with E-state index in [1.165, 1.54) is 6.07 Å². The molecule has 0 unspecified atom stereocenters. The highest BCUT2D eigenvalue weighted by molar-refractivity contribution is 5.35. The van der Waals surface area contributed by atoms with E-state index in [0.717, 1.165) is 0 Å². The van der Waals surface area contributed by atoms with Crippen LogP contribution < -0.4 is 5.73 Å². The lowest BCUT2D eigenvalue weighted by Crippen LogP contribution is -2.31. The van der Waals surface area contributed by atoms with Crippen LogP contribution in [0.4, 0.5) is 13.2 Å². The molecule has 0 saturated heterocycles. The first-order chi connectivity index (χ1) is 7.14. The van der Waals surface area contributed by atoms with Gasteiger partial charge in [-0.1, -0.05) is 45.0 Å². The molecule has 0 spiro atoms. The van der Waals surface area contributed by atoms with Gasteiger partial charge in [0.1, 0.15) is 6.04 Å². The van der Waals surface area contributed by atoms with Gasteiger partial charge in [-0.25, -0.2) is 0 Å². The number of benzene rings is 1. The molecule has 0 fully saturated rings. The van der Waals surface area contributed by atoms with Crippen molar-refractivity contribution in [2.24, 2.45) is 5.73 Å². The normalized spacial score (nSPS) is 14.9. The summed E-state index contributed by atoms with van der Waals surface area (Å²) in [6.07, 6.45) is -4.40. The minimum atomic E-state index is -4.40. The zero-order valence-electron chi connectivity index (χ0n) is 9.60. The van der Waals surface area contributed by atoms with Crippen molar-refractivity contribution in [3.63, 3.8) is 0 Å². The van der Waals surface area contributed by atoms with Crippen LogP contribution in [0.5, 0.6) is 0 Å². The summed E-state index contributed by atoms with van der Waals surface area (Å²) in [5, 5.41) is 0. The van der Waals surface area contributed by atoms with E-state index in [9.17, 15) is 13.2 Å². The molecule has 1 atom stereocenters. The molecule has 16 heavy (non-hydrogen) atoms. The van der Waals surface area contributed by atoms with Crippen LogP contribution in [0, 0.1) is 0 Å². The second-order valence-corrected chi connectivity index (χ2v) is 4.86. The van der Waals surface area contributed by atoms with Gasteiger partial charge in [-0.15, -0.1) is 0 Å². The van der Waals surface area contributed by atoms with Crippen LogP contribution in [-0.4, -0.2) is 6.18 Å². The van der Waals surface area contributed by atoms with E-state index < -0.39 is 12.2 Å². The first kappa shape index (κ1) is 13.0. The van der Waals surface area contributed by atoms with Crippen LogP contribution in [0.1, 0.15) is 37.9 Å². The molecule has 0 radical (unpaired) electrons.